The van der Waals surface area contributed by atoms with Gasteiger partial charge in [-0.3, -0.25) is 9.36 Å². The third-order valence-corrected chi connectivity index (χ3v) is 5.71. The number of nitrogens with zero attached hydrogens (tertiary/aromatic N) is 2. The topological polar surface area (TPSA) is 70.3 Å². The lowest BCUT2D eigenvalue weighted by molar-refractivity contribution is -0.144. The van der Waals surface area contributed by atoms with Gasteiger partial charge in [0.1, 0.15) is 17.6 Å². The Kier molecular flexibility index (Phi) is 5.81. The van der Waals surface area contributed by atoms with Crippen molar-refractivity contribution >= 4 is 29.3 Å². The lowest BCUT2D eigenvalue weighted by atomic mass is 10.1. The van der Waals surface area contributed by atoms with Gasteiger partial charge in [0.05, 0.1) is 16.3 Å². The number of halogens is 5. The zero-order valence-electron chi connectivity index (χ0n) is 14.8. The standard InChI is InChI=1S/C17H13ClF4N2O4S/c1-23-13(17(20,21)22)6-14(25)24(16(23)27)12-4-9(10(18)5-11(12)19)15(26)28-8-2-3-29-7-8/h4-6,8H,2-3,7H2,1H3. The van der Waals surface area contributed by atoms with Crippen LogP contribution in [0, 0.1) is 5.82 Å². The first-order valence-corrected chi connectivity index (χ1v) is 9.72. The molecule has 0 aliphatic carbocycles. The van der Waals surface area contributed by atoms with Crippen LogP contribution in [0.5, 0.6) is 0 Å². The number of hydrogen-bond acceptors (Lipinski definition) is 5. The number of carbonyl (C=O) groups excluding carboxylic acids is 1. The number of rotatable bonds is 3. The zero-order valence-corrected chi connectivity index (χ0v) is 16.3. The molecule has 1 aromatic heterocycles. The van der Waals surface area contributed by atoms with Gasteiger partial charge in [-0.2, -0.15) is 24.9 Å². The van der Waals surface area contributed by atoms with E-state index in [1.165, 1.54) is 0 Å². The van der Waals surface area contributed by atoms with Crippen molar-refractivity contribution in [3.63, 3.8) is 0 Å². The largest absolute Gasteiger partial charge is 0.458 e. The van der Waals surface area contributed by atoms with Crippen LogP contribution in [0.4, 0.5) is 17.6 Å². The molecule has 0 amide bonds. The van der Waals surface area contributed by atoms with E-state index in [1.54, 1.807) is 11.8 Å². The molecule has 6 nitrogen and oxygen atoms in total. The minimum atomic E-state index is -4.96. The minimum Gasteiger partial charge on any atom is -0.458 e. The second kappa shape index (κ2) is 7.86. The van der Waals surface area contributed by atoms with Crippen LogP contribution in [-0.2, 0) is 18.0 Å². The summed E-state index contributed by atoms with van der Waals surface area (Å²) in [5.41, 5.74) is -5.35. The van der Waals surface area contributed by atoms with Crippen molar-refractivity contribution in [2.24, 2.45) is 7.05 Å². The molecule has 0 bridgehead atoms. The molecule has 0 radical (unpaired) electrons. The Balaban J connectivity index is 2.12. The van der Waals surface area contributed by atoms with Crippen LogP contribution < -0.4 is 11.2 Å². The number of thioether (sulfide) groups is 1. The number of ether oxygens (including phenoxy) is 1. The summed E-state index contributed by atoms with van der Waals surface area (Å²) in [4.78, 5) is 36.9. The molecule has 0 spiro atoms. The van der Waals surface area contributed by atoms with Crippen LogP contribution in [0.15, 0.2) is 27.8 Å². The van der Waals surface area contributed by atoms with E-state index in [-0.39, 0.29) is 31.9 Å². The van der Waals surface area contributed by atoms with Gasteiger partial charge >= 0.3 is 17.8 Å². The molecule has 29 heavy (non-hydrogen) atoms. The maximum absolute atomic E-state index is 14.4. The highest BCUT2D eigenvalue weighted by Crippen LogP contribution is 2.28. The van der Waals surface area contributed by atoms with Crippen molar-refractivity contribution < 1.29 is 27.1 Å². The van der Waals surface area contributed by atoms with E-state index in [2.05, 4.69) is 0 Å². The van der Waals surface area contributed by atoms with Gasteiger partial charge in [0.15, 0.2) is 0 Å². The number of benzene rings is 1. The van der Waals surface area contributed by atoms with Gasteiger partial charge in [-0.15, -0.1) is 0 Å². The summed E-state index contributed by atoms with van der Waals surface area (Å²) >= 11 is 7.48. The molecule has 0 saturated carbocycles. The Morgan fingerprint density at radius 2 is 1.97 bits per heavy atom. The quantitative estimate of drug-likeness (QED) is 0.529. The zero-order chi connectivity index (χ0) is 21.5. The van der Waals surface area contributed by atoms with Crippen LogP contribution in [0.25, 0.3) is 5.69 Å². The fourth-order valence-corrected chi connectivity index (χ4v) is 4.13. The number of aromatic nitrogens is 2. The summed E-state index contributed by atoms with van der Waals surface area (Å²) in [6.45, 7) is 0. The summed E-state index contributed by atoms with van der Waals surface area (Å²) in [5.74, 6) is -0.671. The van der Waals surface area contributed by atoms with Crippen molar-refractivity contribution in [2.75, 3.05) is 11.5 Å². The van der Waals surface area contributed by atoms with Gasteiger partial charge < -0.3 is 4.74 Å². The van der Waals surface area contributed by atoms with Gasteiger partial charge in [0.2, 0.25) is 0 Å². The fraction of sp³-hybridized carbons (Fsp3) is 0.353. The predicted octanol–water partition coefficient (Wildman–Crippen LogP) is 3.01. The fourth-order valence-electron chi connectivity index (χ4n) is 2.81. The SMILES string of the molecule is Cn1c(C(F)(F)F)cc(=O)n(-c2cc(C(=O)OC3CCSC3)c(Cl)cc2F)c1=O. The van der Waals surface area contributed by atoms with Gasteiger partial charge in [0, 0.05) is 18.9 Å². The van der Waals surface area contributed by atoms with Crippen LogP contribution in [-0.4, -0.2) is 32.7 Å². The predicted molar refractivity (Wildman–Crippen MR) is 98.4 cm³/mol. The molecule has 1 saturated heterocycles. The Morgan fingerprint density at radius 1 is 1.28 bits per heavy atom. The lowest BCUT2D eigenvalue weighted by Gasteiger charge is -2.16. The maximum atomic E-state index is 14.4. The summed E-state index contributed by atoms with van der Waals surface area (Å²) in [5, 5.41) is -0.321. The van der Waals surface area contributed by atoms with E-state index >= 15 is 0 Å². The molecule has 1 fully saturated rings. The van der Waals surface area contributed by atoms with Crippen molar-refractivity contribution in [1.29, 1.82) is 0 Å². The molecule has 3 rings (SSSR count). The molecule has 2 heterocycles. The number of alkyl halides is 3. The van der Waals surface area contributed by atoms with Gasteiger partial charge in [-0.25, -0.2) is 18.5 Å². The average molecular weight is 453 g/mol. The van der Waals surface area contributed by atoms with Crippen molar-refractivity contribution in [2.45, 2.75) is 18.7 Å². The molecule has 0 N–H and O–H groups in total. The Labute approximate surface area is 170 Å². The highest BCUT2D eigenvalue weighted by atomic mass is 35.5. The van der Waals surface area contributed by atoms with Gasteiger partial charge in [-0.1, -0.05) is 11.6 Å². The Hall–Kier alpha value is -2.27. The lowest BCUT2D eigenvalue weighted by Crippen LogP contribution is -2.41. The first-order valence-electron chi connectivity index (χ1n) is 8.19. The molecule has 1 aliphatic rings. The summed E-state index contributed by atoms with van der Waals surface area (Å²) in [6, 6.07) is 1.68. The van der Waals surface area contributed by atoms with Crippen LogP contribution in [0.2, 0.25) is 5.02 Å². The second-order valence-electron chi connectivity index (χ2n) is 6.22. The first kappa shape index (κ1) is 21.4. The molecule has 1 aliphatic heterocycles. The molecule has 1 atom stereocenters. The first-order chi connectivity index (χ1) is 13.5. The number of carbonyl (C=O) groups is 1. The maximum Gasteiger partial charge on any atom is 0.431 e. The molecular formula is C17H13ClF4N2O4S. The Bertz CT molecular complexity index is 1090. The molecule has 1 aromatic carbocycles. The van der Waals surface area contributed by atoms with Gasteiger partial charge in [-0.05, 0) is 24.3 Å². The van der Waals surface area contributed by atoms with E-state index in [0.29, 0.717) is 18.2 Å². The van der Waals surface area contributed by atoms with Crippen molar-refractivity contribution in [3.8, 4) is 5.69 Å². The van der Waals surface area contributed by atoms with Crippen molar-refractivity contribution in [1.82, 2.24) is 9.13 Å². The smallest absolute Gasteiger partial charge is 0.431 e. The summed E-state index contributed by atoms with van der Waals surface area (Å²) in [6.07, 6.45) is -4.70. The molecular weight excluding hydrogens is 440 g/mol. The molecule has 1 unspecified atom stereocenters. The molecule has 12 heteroatoms. The third-order valence-electron chi connectivity index (χ3n) is 4.27. The monoisotopic (exact) mass is 452 g/mol. The van der Waals surface area contributed by atoms with Crippen LogP contribution in [0.3, 0.4) is 0 Å². The average Bonchev–Trinajstić information content (AvgIpc) is 3.11. The van der Waals surface area contributed by atoms with Crippen LogP contribution in [0.1, 0.15) is 22.5 Å². The third kappa shape index (κ3) is 4.20. The second-order valence-corrected chi connectivity index (χ2v) is 7.77. The molecule has 2 aromatic rings. The minimum absolute atomic E-state index is 0.170. The van der Waals surface area contributed by atoms with Crippen molar-refractivity contribution in [3.05, 3.63) is 61.1 Å². The van der Waals surface area contributed by atoms with E-state index in [4.69, 9.17) is 16.3 Å². The number of hydrogen-bond donors (Lipinski definition) is 0. The normalized spacial score (nSPS) is 16.8. The highest BCUT2D eigenvalue weighted by molar-refractivity contribution is 7.99. The summed E-state index contributed by atoms with van der Waals surface area (Å²) in [7, 11) is 0.794. The van der Waals surface area contributed by atoms with E-state index in [1.807, 2.05) is 0 Å². The van der Waals surface area contributed by atoms with Gasteiger partial charge in [0.25, 0.3) is 5.56 Å². The van der Waals surface area contributed by atoms with E-state index < -0.39 is 40.6 Å². The van der Waals surface area contributed by atoms with E-state index in [0.717, 1.165) is 18.9 Å². The van der Waals surface area contributed by atoms with E-state index in [9.17, 15) is 31.9 Å². The molecule has 156 valence electrons. The summed E-state index contributed by atoms with van der Waals surface area (Å²) < 4.78 is 59.0. The Morgan fingerprint density at radius 3 is 2.55 bits per heavy atom. The number of esters is 1. The highest BCUT2D eigenvalue weighted by Gasteiger charge is 2.35. The van der Waals surface area contributed by atoms with Crippen LogP contribution >= 0.6 is 23.4 Å².